The molecular weight excluding hydrogens is 412 g/mol. The zero-order chi connectivity index (χ0) is 17.1. The number of thiophene rings is 1. The van der Waals surface area contributed by atoms with E-state index < -0.39 is 5.91 Å². The molecule has 3 aromatic rings. The third kappa shape index (κ3) is 3.50. The molecule has 0 spiro atoms. The Hall–Kier alpha value is -1.77. The number of carbonyl (C=O) groups is 2. The van der Waals surface area contributed by atoms with Gasteiger partial charge in [-0.3, -0.25) is 20.4 Å². The summed E-state index contributed by atoms with van der Waals surface area (Å²) in [5.74, 6) is 0.0185. The van der Waals surface area contributed by atoms with Crippen molar-refractivity contribution >= 4 is 61.8 Å². The number of carbonyl (C=O) groups excluding carboxylic acids is 2. The standard InChI is InChI=1S/C16H13BrN2O3S2/c1-23-8-10-9-4-2-3-5-11(9)22-14(10)16(21)19-18-15(20)12-6-7-13(17)24-12/h2-7H,8H2,1H3,(H,18,20)(H,19,21). The summed E-state index contributed by atoms with van der Waals surface area (Å²) in [6, 6.07) is 10.9. The Bertz CT molecular complexity index is 904. The first-order valence-corrected chi connectivity index (χ1v) is 9.96. The van der Waals surface area contributed by atoms with E-state index >= 15 is 0 Å². The molecule has 0 atom stereocenters. The minimum absolute atomic E-state index is 0.221. The van der Waals surface area contributed by atoms with Gasteiger partial charge in [0.05, 0.1) is 8.66 Å². The number of para-hydroxylation sites is 1. The average molecular weight is 425 g/mol. The lowest BCUT2D eigenvalue weighted by atomic mass is 10.1. The Labute approximate surface area is 154 Å². The zero-order valence-electron chi connectivity index (χ0n) is 12.6. The fraction of sp³-hybridized carbons (Fsp3) is 0.125. The lowest BCUT2D eigenvalue weighted by molar-refractivity contribution is 0.0833. The van der Waals surface area contributed by atoms with Crippen LogP contribution in [0.3, 0.4) is 0 Å². The van der Waals surface area contributed by atoms with Crippen molar-refractivity contribution in [1.82, 2.24) is 10.9 Å². The molecule has 2 heterocycles. The van der Waals surface area contributed by atoms with E-state index in [2.05, 4.69) is 26.8 Å². The van der Waals surface area contributed by atoms with Crippen molar-refractivity contribution in [3.63, 3.8) is 0 Å². The first kappa shape index (κ1) is 17.1. The maximum atomic E-state index is 12.4. The maximum absolute atomic E-state index is 12.4. The number of rotatable bonds is 4. The molecular formula is C16H13BrN2O3S2. The van der Waals surface area contributed by atoms with Crippen LogP contribution in [0.1, 0.15) is 25.8 Å². The smallest absolute Gasteiger partial charge is 0.305 e. The first-order valence-electron chi connectivity index (χ1n) is 6.95. The third-order valence-corrected chi connectivity index (χ3v) is 5.48. The quantitative estimate of drug-likeness (QED) is 0.615. The Balaban J connectivity index is 1.78. The molecule has 2 amide bonds. The van der Waals surface area contributed by atoms with Gasteiger partial charge < -0.3 is 4.42 Å². The van der Waals surface area contributed by atoms with E-state index in [4.69, 9.17) is 4.42 Å². The molecule has 0 aliphatic carbocycles. The average Bonchev–Trinajstić information content (AvgIpc) is 3.17. The predicted molar refractivity (Wildman–Crippen MR) is 100 cm³/mol. The summed E-state index contributed by atoms with van der Waals surface area (Å²) in [5, 5.41) is 0.908. The van der Waals surface area contributed by atoms with Crippen LogP contribution in [0, 0.1) is 0 Å². The second-order valence-electron chi connectivity index (χ2n) is 4.85. The Morgan fingerprint density at radius 1 is 1.17 bits per heavy atom. The molecule has 0 radical (unpaired) electrons. The van der Waals surface area contributed by atoms with Crippen molar-refractivity contribution < 1.29 is 14.0 Å². The highest BCUT2D eigenvalue weighted by atomic mass is 79.9. The van der Waals surface area contributed by atoms with E-state index in [9.17, 15) is 9.59 Å². The number of hydrogen-bond acceptors (Lipinski definition) is 5. The van der Waals surface area contributed by atoms with E-state index in [-0.39, 0.29) is 11.7 Å². The van der Waals surface area contributed by atoms with Crippen LogP contribution in [-0.2, 0) is 5.75 Å². The molecule has 3 rings (SSSR count). The van der Waals surface area contributed by atoms with Crippen molar-refractivity contribution in [3.8, 4) is 0 Å². The molecule has 0 unspecified atom stereocenters. The van der Waals surface area contributed by atoms with Gasteiger partial charge in [-0.15, -0.1) is 11.3 Å². The highest BCUT2D eigenvalue weighted by Crippen LogP contribution is 2.28. The number of halogens is 1. The van der Waals surface area contributed by atoms with E-state index in [0.29, 0.717) is 16.2 Å². The number of hydrogen-bond donors (Lipinski definition) is 2. The van der Waals surface area contributed by atoms with Crippen LogP contribution in [0.5, 0.6) is 0 Å². The largest absolute Gasteiger partial charge is 0.451 e. The molecule has 5 nitrogen and oxygen atoms in total. The van der Waals surface area contributed by atoms with Gasteiger partial charge >= 0.3 is 5.91 Å². The van der Waals surface area contributed by atoms with Crippen LogP contribution in [0.4, 0.5) is 0 Å². The Kier molecular flexibility index (Phi) is 5.27. The van der Waals surface area contributed by atoms with Crippen molar-refractivity contribution in [2.45, 2.75) is 5.75 Å². The predicted octanol–water partition coefficient (Wildman–Crippen LogP) is 4.19. The van der Waals surface area contributed by atoms with Gasteiger partial charge in [0, 0.05) is 16.7 Å². The van der Waals surface area contributed by atoms with Gasteiger partial charge in [-0.2, -0.15) is 11.8 Å². The van der Waals surface area contributed by atoms with E-state index in [0.717, 1.165) is 14.7 Å². The van der Waals surface area contributed by atoms with Gasteiger partial charge in [0.2, 0.25) is 0 Å². The monoisotopic (exact) mass is 424 g/mol. The number of fused-ring (bicyclic) bond motifs is 1. The van der Waals surface area contributed by atoms with Crippen molar-refractivity contribution in [3.05, 3.63) is 56.4 Å². The van der Waals surface area contributed by atoms with Crippen molar-refractivity contribution in [1.29, 1.82) is 0 Å². The lowest BCUT2D eigenvalue weighted by Crippen LogP contribution is -2.41. The van der Waals surface area contributed by atoms with Crippen LogP contribution in [0.15, 0.2) is 44.6 Å². The minimum atomic E-state index is -0.473. The molecule has 0 bridgehead atoms. The molecule has 0 fully saturated rings. The number of amides is 2. The summed E-state index contributed by atoms with van der Waals surface area (Å²) in [4.78, 5) is 24.9. The first-order chi connectivity index (χ1) is 11.6. The van der Waals surface area contributed by atoms with Crippen molar-refractivity contribution in [2.24, 2.45) is 0 Å². The van der Waals surface area contributed by atoms with Crippen LogP contribution < -0.4 is 10.9 Å². The second kappa shape index (κ2) is 7.42. The topological polar surface area (TPSA) is 71.3 Å². The van der Waals surface area contributed by atoms with Gasteiger partial charge in [0.25, 0.3) is 5.91 Å². The summed E-state index contributed by atoms with van der Waals surface area (Å²) in [7, 11) is 0. The van der Waals surface area contributed by atoms with Crippen LogP contribution in [0.2, 0.25) is 0 Å². The van der Waals surface area contributed by atoms with E-state index in [1.54, 1.807) is 23.9 Å². The second-order valence-corrected chi connectivity index (χ2v) is 8.18. The summed E-state index contributed by atoms with van der Waals surface area (Å²) >= 11 is 6.18. The molecule has 24 heavy (non-hydrogen) atoms. The van der Waals surface area contributed by atoms with Crippen LogP contribution in [0.25, 0.3) is 11.0 Å². The summed E-state index contributed by atoms with van der Waals surface area (Å²) in [6.07, 6.45) is 1.96. The van der Waals surface area contributed by atoms with Gasteiger partial charge in [0.1, 0.15) is 5.58 Å². The third-order valence-electron chi connectivity index (χ3n) is 3.28. The number of thioether (sulfide) groups is 1. The molecule has 8 heteroatoms. The van der Waals surface area contributed by atoms with Crippen molar-refractivity contribution in [2.75, 3.05) is 6.26 Å². The number of benzene rings is 1. The number of furan rings is 1. The van der Waals surface area contributed by atoms with E-state index in [1.165, 1.54) is 11.3 Å². The van der Waals surface area contributed by atoms with Gasteiger partial charge in [0.15, 0.2) is 5.76 Å². The number of nitrogens with one attached hydrogen (secondary N) is 2. The molecule has 0 saturated carbocycles. The molecule has 1 aromatic carbocycles. The Morgan fingerprint density at radius 2 is 1.92 bits per heavy atom. The van der Waals surface area contributed by atoms with Gasteiger partial charge in [-0.05, 0) is 40.4 Å². The molecule has 0 aliphatic rings. The fourth-order valence-electron chi connectivity index (χ4n) is 2.24. The molecule has 124 valence electrons. The molecule has 2 aromatic heterocycles. The molecule has 0 aliphatic heterocycles. The Morgan fingerprint density at radius 3 is 2.62 bits per heavy atom. The maximum Gasteiger partial charge on any atom is 0.305 e. The van der Waals surface area contributed by atoms with E-state index in [1.807, 2.05) is 30.5 Å². The van der Waals surface area contributed by atoms with Crippen LogP contribution in [-0.4, -0.2) is 18.1 Å². The zero-order valence-corrected chi connectivity index (χ0v) is 15.8. The molecule has 2 N–H and O–H groups in total. The number of hydrazine groups is 1. The highest BCUT2D eigenvalue weighted by Gasteiger charge is 2.20. The van der Waals surface area contributed by atoms with Gasteiger partial charge in [-0.1, -0.05) is 18.2 Å². The SMILES string of the molecule is CSCc1c(C(=O)NNC(=O)c2ccc(Br)s2)oc2ccccc12. The fourth-order valence-corrected chi connectivity index (χ4v) is 4.09. The van der Waals surface area contributed by atoms with Crippen LogP contribution >= 0.6 is 39.0 Å². The van der Waals surface area contributed by atoms with Gasteiger partial charge in [-0.25, -0.2) is 0 Å². The molecule has 0 saturated heterocycles. The summed E-state index contributed by atoms with van der Waals surface area (Å²) in [6.45, 7) is 0. The highest BCUT2D eigenvalue weighted by molar-refractivity contribution is 9.11. The normalized spacial score (nSPS) is 10.8. The lowest BCUT2D eigenvalue weighted by Gasteiger charge is -2.06. The summed E-state index contributed by atoms with van der Waals surface area (Å²) in [5.41, 5.74) is 6.30. The summed E-state index contributed by atoms with van der Waals surface area (Å²) < 4.78 is 6.52. The minimum Gasteiger partial charge on any atom is -0.451 e.